The lowest BCUT2D eigenvalue weighted by atomic mass is 9.78. The maximum atomic E-state index is 10.7. The fourth-order valence-electron chi connectivity index (χ4n) is 2.61. The van der Waals surface area contributed by atoms with Gasteiger partial charge in [-0.1, -0.05) is 53.7 Å². The third-order valence-electron chi connectivity index (χ3n) is 3.82. The number of aliphatic carboxylic acids is 1. The number of hydrogen-bond donors (Lipinski definition) is 1. The van der Waals surface area contributed by atoms with Gasteiger partial charge in [-0.05, 0) is 29.2 Å². The van der Waals surface area contributed by atoms with Gasteiger partial charge >= 0.3 is 5.97 Å². The molecule has 1 rings (SSSR count). The molecule has 22 heavy (non-hydrogen) atoms. The summed E-state index contributed by atoms with van der Waals surface area (Å²) in [6.45, 7) is 13.1. The highest BCUT2D eigenvalue weighted by Crippen LogP contribution is 2.40. The first-order chi connectivity index (χ1) is 9.96. The van der Waals surface area contributed by atoms with Crippen molar-refractivity contribution in [2.45, 2.75) is 71.6 Å². The average molecular weight is 306 g/mol. The molecule has 0 fully saturated rings. The van der Waals surface area contributed by atoms with E-state index in [-0.39, 0.29) is 17.3 Å². The lowest BCUT2D eigenvalue weighted by Gasteiger charge is -2.30. The number of carboxylic acid groups (broad SMARTS) is 1. The molecule has 0 spiro atoms. The highest BCUT2D eigenvalue weighted by atomic mass is 16.5. The van der Waals surface area contributed by atoms with E-state index in [1.54, 1.807) is 7.11 Å². The van der Waals surface area contributed by atoms with Gasteiger partial charge < -0.3 is 9.84 Å². The second-order valence-electron chi connectivity index (χ2n) is 7.97. The van der Waals surface area contributed by atoms with Crippen LogP contribution in [-0.4, -0.2) is 18.2 Å². The van der Waals surface area contributed by atoms with Crippen LogP contribution in [-0.2, 0) is 22.0 Å². The van der Waals surface area contributed by atoms with Gasteiger partial charge in [-0.2, -0.15) is 0 Å². The SMILES string of the molecule is COc1c(C(C)(C)C)cc(CCCC(=O)O)cc1C(C)(C)C. The van der Waals surface area contributed by atoms with Crippen LogP contribution in [0, 0.1) is 0 Å². The molecule has 1 aromatic carbocycles. The normalized spacial score (nSPS) is 12.3. The molecule has 0 aromatic heterocycles. The number of hydrogen-bond acceptors (Lipinski definition) is 2. The van der Waals surface area contributed by atoms with Crippen LogP contribution >= 0.6 is 0 Å². The zero-order valence-electron chi connectivity index (χ0n) is 15.0. The summed E-state index contributed by atoms with van der Waals surface area (Å²) in [4.78, 5) is 10.7. The zero-order valence-corrected chi connectivity index (χ0v) is 15.0. The third-order valence-corrected chi connectivity index (χ3v) is 3.82. The fraction of sp³-hybridized carbons (Fsp3) is 0.632. The van der Waals surface area contributed by atoms with E-state index >= 15 is 0 Å². The van der Waals surface area contributed by atoms with Gasteiger partial charge in [0.1, 0.15) is 5.75 Å². The smallest absolute Gasteiger partial charge is 0.303 e. The topological polar surface area (TPSA) is 46.5 Å². The van der Waals surface area contributed by atoms with Crippen LogP contribution in [0.5, 0.6) is 5.75 Å². The van der Waals surface area contributed by atoms with E-state index in [1.165, 1.54) is 16.7 Å². The van der Waals surface area contributed by atoms with Crippen molar-refractivity contribution < 1.29 is 14.6 Å². The molecular formula is C19H30O3. The van der Waals surface area contributed by atoms with Crippen molar-refractivity contribution in [3.8, 4) is 5.75 Å². The lowest BCUT2D eigenvalue weighted by molar-refractivity contribution is -0.137. The number of rotatable bonds is 5. The van der Waals surface area contributed by atoms with Crippen LogP contribution in [0.1, 0.15) is 71.1 Å². The molecule has 0 aliphatic rings. The summed E-state index contributed by atoms with van der Waals surface area (Å²) in [5.41, 5.74) is 3.53. The summed E-state index contributed by atoms with van der Waals surface area (Å²) in [5.74, 6) is 0.225. The minimum absolute atomic E-state index is 0.0197. The highest BCUT2D eigenvalue weighted by Gasteiger charge is 2.27. The molecule has 0 saturated carbocycles. The van der Waals surface area contributed by atoms with Gasteiger partial charge in [-0.3, -0.25) is 4.79 Å². The molecule has 0 atom stereocenters. The highest BCUT2D eigenvalue weighted by molar-refractivity contribution is 5.66. The minimum atomic E-state index is -0.736. The van der Waals surface area contributed by atoms with Gasteiger partial charge in [0.05, 0.1) is 7.11 Å². The van der Waals surface area contributed by atoms with E-state index in [4.69, 9.17) is 9.84 Å². The van der Waals surface area contributed by atoms with Crippen molar-refractivity contribution in [3.05, 3.63) is 28.8 Å². The Morgan fingerprint density at radius 2 is 1.50 bits per heavy atom. The monoisotopic (exact) mass is 306 g/mol. The van der Waals surface area contributed by atoms with Crippen LogP contribution in [0.2, 0.25) is 0 Å². The summed E-state index contributed by atoms with van der Waals surface area (Å²) < 4.78 is 5.73. The fourth-order valence-corrected chi connectivity index (χ4v) is 2.61. The number of aryl methyl sites for hydroxylation is 1. The minimum Gasteiger partial charge on any atom is -0.496 e. The van der Waals surface area contributed by atoms with Crippen molar-refractivity contribution in [3.63, 3.8) is 0 Å². The standard InChI is InChI=1S/C19H30O3/c1-18(2,3)14-11-13(9-8-10-16(20)21)12-15(17(14)22-7)19(4,5)6/h11-12H,8-10H2,1-7H3,(H,20,21). The summed E-state index contributed by atoms with van der Waals surface area (Å²) >= 11 is 0. The molecule has 0 saturated heterocycles. The summed E-state index contributed by atoms with van der Waals surface area (Å²) in [6, 6.07) is 4.35. The predicted molar refractivity (Wildman–Crippen MR) is 91.0 cm³/mol. The van der Waals surface area contributed by atoms with E-state index in [1.807, 2.05) is 0 Å². The average Bonchev–Trinajstić information content (AvgIpc) is 2.35. The maximum absolute atomic E-state index is 10.7. The zero-order chi connectivity index (χ0) is 17.1. The van der Waals surface area contributed by atoms with E-state index in [2.05, 4.69) is 53.7 Å². The Morgan fingerprint density at radius 1 is 1.05 bits per heavy atom. The molecule has 0 radical (unpaired) electrons. The molecular weight excluding hydrogens is 276 g/mol. The van der Waals surface area contributed by atoms with Gasteiger partial charge in [0.2, 0.25) is 0 Å². The Bertz CT molecular complexity index is 496. The second-order valence-corrected chi connectivity index (χ2v) is 7.97. The van der Waals surface area contributed by atoms with E-state index in [9.17, 15) is 4.79 Å². The molecule has 3 heteroatoms. The Labute approximate surface area is 134 Å². The van der Waals surface area contributed by atoms with Crippen LogP contribution in [0.15, 0.2) is 12.1 Å². The Kier molecular flexibility index (Phi) is 5.66. The quantitative estimate of drug-likeness (QED) is 0.858. The molecule has 0 aliphatic carbocycles. The van der Waals surface area contributed by atoms with Crippen molar-refractivity contribution in [2.75, 3.05) is 7.11 Å². The summed E-state index contributed by atoms with van der Waals surface area (Å²) in [5, 5.41) is 8.82. The first-order valence-electron chi connectivity index (χ1n) is 7.90. The number of ether oxygens (including phenoxy) is 1. The molecule has 0 unspecified atom stereocenters. The van der Waals surface area contributed by atoms with Gasteiger partial charge in [0, 0.05) is 17.5 Å². The van der Waals surface area contributed by atoms with E-state index < -0.39 is 5.97 Å². The van der Waals surface area contributed by atoms with E-state index in [0.717, 1.165) is 12.2 Å². The van der Waals surface area contributed by atoms with Crippen molar-refractivity contribution in [1.29, 1.82) is 0 Å². The third kappa shape index (κ3) is 4.75. The summed E-state index contributed by atoms with van der Waals surface area (Å²) in [7, 11) is 1.73. The molecule has 3 nitrogen and oxygen atoms in total. The van der Waals surface area contributed by atoms with Gasteiger partial charge in [0.25, 0.3) is 0 Å². The molecule has 1 aromatic rings. The van der Waals surface area contributed by atoms with Gasteiger partial charge in [-0.25, -0.2) is 0 Å². The molecule has 1 N–H and O–H groups in total. The lowest BCUT2D eigenvalue weighted by Crippen LogP contribution is -2.19. The van der Waals surface area contributed by atoms with Gasteiger partial charge in [0.15, 0.2) is 0 Å². The van der Waals surface area contributed by atoms with Crippen LogP contribution in [0.25, 0.3) is 0 Å². The number of carboxylic acids is 1. The maximum Gasteiger partial charge on any atom is 0.303 e. The molecule has 0 aliphatic heterocycles. The predicted octanol–water partition coefficient (Wildman–Crippen LogP) is 4.70. The Hall–Kier alpha value is -1.51. The van der Waals surface area contributed by atoms with Crippen molar-refractivity contribution >= 4 is 5.97 Å². The first kappa shape index (κ1) is 18.5. The number of benzene rings is 1. The second kappa shape index (κ2) is 6.72. The van der Waals surface area contributed by atoms with Crippen molar-refractivity contribution in [1.82, 2.24) is 0 Å². The number of methoxy groups -OCH3 is 1. The Morgan fingerprint density at radius 3 is 1.82 bits per heavy atom. The number of carbonyl (C=O) groups is 1. The molecule has 0 bridgehead atoms. The van der Waals surface area contributed by atoms with Crippen LogP contribution in [0.3, 0.4) is 0 Å². The Balaban J connectivity index is 3.33. The van der Waals surface area contributed by atoms with Gasteiger partial charge in [-0.15, -0.1) is 0 Å². The molecule has 0 heterocycles. The van der Waals surface area contributed by atoms with Crippen LogP contribution in [0.4, 0.5) is 0 Å². The largest absolute Gasteiger partial charge is 0.496 e. The molecule has 124 valence electrons. The van der Waals surface area contributed by atoms with Crippen LogP contribution < -0.4 is 4.74 Å². The summed E-state index contributed by atoms with van der Waals surface area (Å²) in [6.07, 6.45) is 1.65. The van der Waals surface area contributed by atoms with Crippen molar-refractivity contribution in [2.24, 2.45) is 0 Å². The molecule has 0 amide bonds. The van der Waals surface area contributed by atoms with E-state index in [0.29, 0.717) is 6.42 Å². The first-order valence-corrected chi connectivity index (χ1v) is 7.90.